The van der Waals surface area contributed by atoms with Crippen LogP contribution in [0, 0.1) is 6.92 Å². The Hall–Kier alpha value is -3.07. The Morgan fingerprint density at radius 3 is 2.19 bits per heavy atom. The standard InChI is InChI=1S/C27H39N3O5S/c1-20-11-8-9-12-24(20)30(36(7,33)34)18-10-13-25(31)29(21(2)26(32)28-27(3,4)5)19-22-14-16-23(35-6)17-15-22/h8-9,11-12,14-17,21H,10,13,18-19H2,1-7H3,(H,28,32)/t21-/m0/s1. The number of methoxy groups -OCH3 is 1. The van der Waals surface area contributed by atoms with Crippen molar-refractivity contribution in [3.05, 3.63) is 59.7 Å². The van der Waals surface area contributed by atoms with E-state index in [2.05, 4.69) is 5.32 Å². The van der Waals surface area contributed by atoms with E-state index in [1.54, 1.807) is 31.1 Å². The number of hydrogen-bond donors (Lipinski definition) is 1. The van der Waals surface area contributed by atoms with Crippen LogP contribution in [0.5, 0.6) is 5.75 Å². The van der Waals surface area contributed by atoms with E-state index in [-0.39, 0.29) is 31.3 Å². The predicted molar refractivity (Wildman–Crippen MR) is 144 cm³/mol. The van der Waals surface area contributed by atoms with Crippen LogP contribution in [0.2, 0.25) is 0 Å². The van der Waals surface area contributed by atoms with Crippen molar-refractivity contribution in [3.63, 3.8) is 0 Å². The third-order valence-electron chi connectivity index (χ3n) is 5.71. The van der Waals surface area contributed by atoms with Gasteiger partial charge < -0.3 is 15.0 Å². The lowest BCUT2D eigenvalue weighted by Crippen LogP contribution is -2.52. The Labute approximate surface area is 215 Å². The lowest BCUT2D eigenvalue weighted by atomic mass is 10.1. The van der Waals surface area contributed by atoms with Crippen LogP contribution in [0.4, 0.5) is 5.69 Å². The number of rotatable bonds is 11. The number of sulfonamides is 1. The number of para-hydroxylation sites is 1. The van der Waals surface area contributed by atoms with E-state index in [4.69, 9.17) is 4.74 Å². The highest BCUT2D eigenvalue weighted by molar-refractivity contribution is 7.92. The Morgan fingerprint density at radius 1 is 1.06 bits per heavy atom. The third kappa shape index (κ3) is 8.55. The van der Waals surface area contributed by atoms with Gasteiger partial charge in [-0.3, -0.25) is 13.9 Å². The second-order valence-corrected chi connectivity index (χ2v) is 11.9. The second-order valence-electron chi connectivity index (χ2n) is 10.0. The van der Waals surface area contributed by atoms with Gasteiger partial charge in [-0.25, -0.2) is 8.42 Å². The van der Waals surface area contributed by atoms with Crippen molar-refractivity contribution in [1.82, 2.24) is 10.2 Å². The number of benzene rings is 2. The average Bonchev–Trinajstić information content (AvgIpc) is 2.79. The fourth-order valence-corrected chi connectivity index (χ4v) is 4.83. The molecule has 8 nitrogen and oxygen atoms in total. The normalized spacial score (nSPS) is 12.5. The number of nitrogens with one attached hydrogen (secondary N) is 1. The summed E-state index contributed by atoms with van der Waals surface area (Å²) >= 11 is 0. The lowest BCUT2D eigenvalue weighted by Gasteiger charge is -2.32. The summed E-state index contributed by atoms with van der Waals surface area (Å²) in [6, 6.07) is 13.9. The number of nitrogens with zero attached hydrogens (tertiary/aromatic N) is 2. The zero-order valence-corrected chi connectivity index (χ0v) is 23.2. The summed E-state index contributed by atoms with van der Waals surface area (Å²) in [6.45, 7) is 9.63. The van der Waals surface area contributed by atoms with Gasteiger partial charge in [-0.05, 0) is 70.4 Å². The summed E-state index contributed by atoms with van der Waals surface area (Å²) in [5, 5.41) is 2.94. The van der Waals surface area contributed by atoms with Crippen LogP contribution >= 0.6 is 0 Å². The molecule has 1 N–H and O–H groups in total. The molecule has 0 fully saturated rings. The minimum absolute atomic E-state index is 0.0984. The van der Waals surface area contributed by atoms with Crippen LogP contribution in [-0.4, -0.2) is 56.6 Å². The minimum atomic E-state index is -3.53. The number of amides is 2. The van der Waals surface area contributed by atoms with Crippen molar-refractivity contribution in [2.24, 2.45) is 0 Å². The molecule has 0 unspecified atom stereocenters. The highest BCUT2D eigenvalue weighted by Crippen LogP contribution is 2.23. The Bertz CT molecular complexity index is 1140. The van der Waals surface area contributed by atoms with Gasteiger partial charge in [-0.15, -0.1) is 0 Å². The smallest absolute Gasteiger partial charge is 0.242 e. The maximum absolute atomic E-state index is 13.4. The van der Waals surface area contributed by atoms with Crippen LogP contribution in [0.15, 0.2) is 48.5 Å². The molecule has 0 radical (unpaired) electrons. The van der Waals surface area contributed by atoms with E-state index in [1.807, 2.05) is 64.1 Å². The quantitative estimate of drug-likeness (QED) is 0.488. The molecule has 0 heterocycles. The summed E-state index contributed by atoms with van der Waals surface area (Å²) in [4.78, 5) is 27.8. The molecule has 1 atom stereocenters. The molecular weight excluding hydrogens is 478 g/mol. The Kier molecular flexibility index (Phi) is 9.93. The highest BCUT2D eigenvalue weighted by Gasteiger charge is 2.28. The molecule has 0 aliphatic rings. The molecule has 9 heteroatoms. The van der Waals surface area contributed by atoms with Gasteiger partial charge in [0.2, 0.25) is 21.8 Å². The van der Waals surface area contributed by atoms with Gasteiger partial charge in [0, 0.05) is 25.0 Å². The van der Waals surface area contributed by atoms with Gasteiger partial charge >= 0.3 is 0 Å². The molecule has 2 rings (SSSR count). The van der Waals surface area contributed by atoms with Crippen LogP contribution in [-0.2, 0) is 26.2 Å². The SMILES string of the molecule is COc1ccc(CN(C(=O)CCCN(c2ccccc2C)S(C)(=O)=O)[C@@H](C)C(=O)NC(C)(C)C)cc1. The van der Waals surface area contributed by atoms with Crippen molar-refractivity contribution in [1.29, 1.82) is 0 Å². The summed E-state index contributed by atoms with van der Waals surface area (Å²) in [6.07, 6.45) is 1.57. The maximum atomic E-state index is 13.4. The number of carbonyl (C=O) groups is 2. The second kappa shape index (κ2) is 12.3. The van der Waals surface area contributed by atoms with Crippen molar-refractivity contribution in [2.45, 2.75) is 65.6 Å². The van der Waals surface area contributed by atoms with Gasteiger partial charge in [0.1, 0.15) is 11.8 Å². The predicted octanol–water partition coefficient (Wildman–Crippen LogP) is 3.88. The fourth-order valence-electron chi connectivity index (χ4n) is 3.81. The van der Waals surface area contributed by atoms with Crippen molar-refractivity contribution < 1.29 is 22.7 Å². The zero-order valence-electron chi connectivity index (χ0n) is 22.4. The van der Waals surface area contributed by atoms with Gasteiger partial charge in [-0.1, -0.05) is 30.3 Å². The number of carbonyl (C=O) groups excluding carboxylic acids is 2. The lowest BCUT2D eigenvalue weighted by molar-refractivity contribution is -0.141. The molecule has 0 saturated carbocycles. The van der Waals surface area contributed by atoms with Crippen LogP contribution in [0.25, 0.3) is 0 Å². The topological polar surface area (TPSA) is 96.0 Å². The Morgan fingerprint density at radius 2 is 1.67 bits per heavy atom. The third-order valence-corrected chi connectivity index (χ3v) is 6.89. The number of aryl methyl sites for hydroxylation is 1. The molecule has 0 bridgehead atoms. The van der Waals surface area contributed by atoms with E-state index in [0.717, 1.165) is 17.4 Å². The highest BCUT2D eigenvalue weighted by atomic mass is 32.2. The summed E-state index contributed by atoms with van der Waals surface area (Å²) in [5.41, 5.74) is 1.85. The van der Waals surface area contributed by atoms with Crippen molar-refractivity contribution in [3.8, 4) is 5.75 Å². The van der Waals surface area contributed by atoms with Gasteiger partial charge in [0.15, 0.2) is 0 Å². The van der Waals surface area contributed by atoms with Crippen LogP contribution in [0.1, 0.15) is 51.7 Å². The van der Waals surface area contributed by atoms with E-state index in [9.17, 15) is 18.0 Å². The summed E-state index contributed by atoms with van der Waals surface area (Å²) < 4.78 is 31.5. The van der Waals surface area contributed by atoms with Gasteiger partial charge in [-0.2, -0.15) is 0 Å². The first-order valence-corrected chi connectivity index (χ1v) is 13.9. The molecule has 2 amide bonds. The fraction of sp³-hybridized carbons (Fsp3) is 0.481. The van der Waals surface area contributed by atoms with Crippen molar-refractivity contribution in [2.75, 3.05) is 24.2 Å². The van der Waals surface area contributed by atoms with E-state index in [1.165, 1.54) is 4.31 Å². The van der Waals surface area contributed by atoms with E-state index < -0.39 is 21.6 Å². The molecule has 0 aliphatic heterocycles. The molecule has 0 spiro atoms. The van der Waals surface area contributed by atoms with E-state index in [0.29, 0.717) is 17.9 Å². The molecule has 2 aromatic rings. The Balaban J connectivity index is 2.20. The van der Waals surface area contributed by atoms with Crippen LogP contribution < -0.4 is 14.4 Å². The first kappa shape index (κ1) is 29.2. The number of hydrogen-bond acceptors (Lipinski definition) is 5. The molecule has 198 valence electrons. The number of ether oxygens (including phenoxy) is 1. The largest absolute Gasteiger partial charge is 0.497 e. The van der Waals surface area contributed by atoms with Gasteiger partial charge in [0.05, 0.1) is 19.1 Å². The molecule has 0 saturated heterocycles. The van der Waals surface area contributed by atoms with Crippen molar-refractivity contribution >= 4 is 27.5 Å². The maximum Gasteiger partial charge on any atom is 0.242 e. The minimum Gasteiger partial charge on any atom is -0.497 e. The molecule has 36 heavy (non-hydrogen) atoms. The first-order valence-electron chi connectivity index (χ1n) is 12.0. The molecular formula is C27H39N3O5S. The average molecular weight is 518 g/mol. The monoisotopic (exact) mass is 517 g/mol. The first-order chi connectivity index (χ1) is 16.7. The summed E-state index contributed by atoms with van der Waals surface area (Å²) in [5.74, 6) is 0.231. The van der Waals surface area contributed by atoms with Gasteiger partial charge in [0.25, 0.3) is 0 Å². The summed E-state index contributed by atoms with van der Waals surface area (Å²) in [7, 11) is -1.95. The zero-order chi connectivity index (χ0) is 27.1. The molecule has 2 aromatic carbocycles. The molecule has 0 aliphatic carbocycles. The number of anilines is 1. The van der Waals surface area contributed by atoms with E-state index >= 15 is 0 Å². The molecule has 0 aromatic heterocycles. The van der Waals surface area contributed by atoms with Crippen LogP contribution in [0.3, 0.4) is 0 Å².